The van der Waals surface area contributed by atoms with E-state index in [2.05, 4.69) is 422 Å². The van der Waals surface area contributed by atoms with Gasteiger partial charge in [-0.25, -0.2) is 8.42 Å². The van der Waals surface area contributed by atoms with Crippen molar-refractivity contribution in [3.05, 3.63) is 556 Å². The van der Waals surface area contributed by atoms with Crippen molar-refractivity contribution in [2.45, 2.75) is 211 Å². The zero-order chi connectivity index (χ0) is 93.2. The summed E-state index contributed by atoms with van der Waals surface area (Å²) < 4.78 is 24.5. The minimum absolute atomic E-state index is 0. The van der Waals surface area contributed by atoms with Crippen LogP contribution >= 0.6 is 0 Å². The van der Waals surface area contributed by atoms with E-state index in [1.54, 1.807) is 48.5 Å². The molecular formula is C127H142O3S. The van der Waals surface area contributed by atoms with E-state index in [9.17, 15) is 13.2 Å². The Morgan fingerprint density at radius 2 is 0.389 bits per heavy atom. The molecule has 3 nitrogen and oxygen atoms in total. The van der Waals surface area contributed by atoms with Gasteiger partial charge in [-0.2, -0.15) is 0 Å². The van der Waals surface area contributed by atoms with Gasteiger partial charge >= 0.3 is 0 Å². The number of rotatable bonds is 17. The van der Waals surface area contributed by atoms with E-state index < -0.39 is 9.84 Å². The predicted octanol–water partition coefficient (Wildman–Crippen LogP) is 33.5. The van der Waals surface area contributed by atoms with Gasteiger partial charge in [-0.05, 0) is 207 Å². The highest BCUT2D eigenvalue weighted by atomic mass is 32.2. The summed E-state index contributed by atoms with van der Waals surface area (Å²) >= 11 is 0. The minimum Gasteiger partial charge on any atom is -0.289 e. The number of benzene rings is 16. The Balaban J connectivity index is 0.000000190. The zero-order valence-corrected chi connectivity index (χ0v) is 81.3. The quantitative estimate of drug-likeness (QED) is 0.0674. The van der Waals surface area contributed by atoms with Gasteiger partial charge in [0.1, 0.15) is 0 Å². The second kappa shape index (κ2) is 47.6. The summed E-state index contributed by atoms with van der Waals surface area (Å²) in [5, 5.41) is 0. The summed E-state index contributed by atoms with van der Waals surface area (Å²) in [5.74, 6) is 0.557. The van der Waals surface area contributed by atoms with Crippen LogP contribution in [0.1, 0.15) is 242 Å². The summed E-state index contributed by atoms with van der Waals surface area (Å²) in [5.41, 5.74) is 36.6. The van der Waals surface area contributed by atoms with Crippen molar-refractivity contribution < 1.29 is 13.2 Å². The Kier molecular flexibility index (Phi) is 37.6. The number of sulfone groups is 1. The van der Waals surface area contributed by atoms with Crippen LogP contribution in [0.5, 0.6) is 0 Å². The van der Waals surface area contributed by atoms with Crippen LogP contribution in [-0.4, -0.2) is 14.2 Å². The Morgan fingerprint density at radius 1 is 0.221 bits per heavy atom. The Bertz CT molecular complexity index is 5890. The summed E-state index contributed by atoms with van der Waals surface area (Å²) in [6.07, 6.45) is 1.03. The van der Waals surface area contributed by atoms with Gasteiger partial charge in [0.15, 0.2) is 5.78 Å². The van der Waals surface area contributed by atoms with Crippen LogP contribution < -0.4 is 0 Å². The van der Waals surface area contributed by atoms with E-state index in [1.165, 1.54) is 139 Å². The Hall–Kier alpha value is -12.9. The number of hydrogen-bond donors (Lipinski definition) is 0. The average Bonchev–Trinajstić information content (AvgIpc) is 0.765. The van der Waals surface area contributed by atoms with Crippen molar-refractivity contribution in [2.24, 2.45) is 0 Å². The molecule has 0 bridgehead atoms. The summed E-state index contributed by atoms with van der Waals surface area (Å²) in [6.45, 7) is 47.5. The average molecular weight is 1750 g/mol. The van der Waals surface area contributed by atoms with E-state index in [0.717, 1.165) is 28.7 Å². The van der Waals surface area contributed by atoms with Crippen LogP contribution in [0.2, 0.25) is 0 Å². The maximum absolute atomic E-state index is 12.3. The molecule has 0 amide bonds. The molecule has 0 atom stereocenters. The molecular weight excluding hydrogens is 1610 g/mol. The van der Waals surface area contributed by atoms with Crippen LogP contribution in [0.25, 0.3) is 0 Å². The van der Waals surface area contributed by atoms with E-state index in [1.807, 2.05) is 76.2 Å². The predicted molar refractivity (Wildman–Crippen MR) is 564 cm³/mol. The third-order valence-corrected chi connectivity index (χ3v) is 26.9. The Labute approximate surface area is 789 Å². The maximum Gasteiger partial charge on any atom is 0.206 e. The monoisotopic (exact) mass is 1750 g/mol. The van der Waals surface area contributed by atoms with Crippen LogP contribution in [0, 0.1) is 96.9 Å². The van der Waals surface area contributed by atoms with Gasteiger partial charge < -0.3 is 0 Å². The van der Waals surface area contributed by atoms with Gasteiger partial charge in [0.2, 0.25) is 9.84 Å². The first-order valence-corrected chi connectivity index (χ1v) is 46.8. The molecule has 0 aromatic heterocycles. The largest absolute Gasteiger partial charge is 0.289 e. The summed E-state index contributed by atoms with van der Waals surface area (Å²) in [7, 11) is -3.37. The second-order valence-electron chi connectivity index (χ2n) is 37.0. The smallest absolute Gasteiger partial charge is 0.206 e. The summed E-state index contributed by atoms with van der Waals surface area (Å²) in [4.78, 5) is 12.7. The number of aryl methyl sites for hydroxylation is 14. The van der Waals surface area contributed by atoms with Crippen molar-refractivity contribution >= 4 is 15.6 Å². The third kappa shape index (κ3) is 29.1. The van der Waals surface area contributed by atoms with E-state index in [4.69, 9.17) is 0 Å². The highest BCUT2D eigenvalue weighted by Crippen LogP contribution is 2.41. The van der Waals surface area contributed by atoms with Crippen molar-refractivity contribution in [3.8, 4) is 0 Å². The van der Waals surface area contributed by atoms with Crippen LogP contribution in [-0.2, 0) is 37.9 Å². The third-order valence-electron chi connectivity index (χ3n) is 25.1. The van der Waals surface area contributed by atoms with E-state index in [0.29, 0.717) is 15.7 Å². The van der Waals surface area contributed by atoms with Crippen LogP contribution in [0.3, 0.4) is 0 Å². The van der Waals surface area contributed by atoms with E-state index in [-0.39, 0.29) is 42.3 Å². The highest BCUT2D eigenvalue weighted by molar-refractivity contribution is 7.91. The van der Waals surface area contributed by atoms with Crippen LogP contribution in [0.15, 0.2) is 404 Å². The molecule has 16 aromatic rings. The molecule has 0 heterocycles. The molecule has 0 unspecified atom stereocenters. The molecule has 0 N–H and O–H groups in total. The first-order chi connectivity index (χ1) is 61.4. The molecule has 0 saturated carbocycles. The number of hydrogen-bond acceptors (Lipinski definition) is 3. The lowest BCUT2D eigenvalue weighted by atomic mass is 9.71. The van der Waals surface area contributed by atoms with Crippen molar-refractivity contribution in [2.75, 3.05) is 0 Å². The lowest BCUT2D eigenvalue weighted by molar-refractivity contribution is 0.103. The number of ketones is 1. The van der Waals surface area contributed by atoms with Gasteiger partial charge in [-0.3, -0.25) is 4.79 Å². The lowest BCUT2D eigenvalue weighted by Crippen LogP contribution is -2.25. The molecule has 0 fully saturated rings. The number of carbonyl (C=O) groups excluding carboxylic acids is 1. The standard InChI is InChI=1S/C26H30.C22H22.C17H20.C16H18.C15H14O.C15H16.C14H14O2S.2CH4/c1-19-7-11-21(12-8-19)25(3,4)23-15-17-24(18-16-23)26(5,6)22-13-9-20(2)10-14-22;1-17-9-13-20(14-10-17)22(3,19-7-5-4-6-8-19)21-15-11-18(2)12-16-21;1-13-5-9-15(10-6-13)17(3,4)16-11-7-14(2)8-12-16;1-12-4-8-15(9-5-12)14(3)16-10-6-13(2)7-11-16;1-11-3-7-13(8-4-11)15(16)14-9-5-12(2)6-10-14;1-12-3-7-14(8-4-12)11-15-9-5-13(2)6-10-15;1-11-3-7-13(8-4-11)17(15,16)14-9-5-12(2)6-10-14;;/h7-18H,1-6H3;4-16H,1-3H3;5-12H,1-4H3;4-11,14H,1-3H3;3-10H,1-2H3;3-10H,11H2,1-2H3;3-10H,1-2H3;2*1H4. The van der Waals surface area contributed by atoms with Gasteiger partial charge in [0.05, 0.1) is 9.79 Å². The minimum atomic E-state index is -3.37. The summed E-state index contributed by atoms with van der Waals surface area (Å²) in [6, 6.07) is 137. The molecule has 16 aromatic carbocycles. The molecule has 0 aliphatic carbocycles. The fraction of sp³-hybridized carbons (Fsp3) is 0.236. The molecule has 0 aliphatic heterocycles. The molecule has 674 valence electrons. The van der Waals surface area contributed by atoms with Crippen molar-refractivity contribution in [3.63, 3.8) is 0 Å². The fourth-order valence-electron chi connectivity index (χ4n) is 15.4. The first-order valence-electron chi connectivity index (χ1n) is 45.3. The lowest BCUT2D eigenvalue weighted by Gasteiger charge is -2.32. The Morgan fingerprint density at radius 3 is 0.611 bits per heavy atom. The maximum atomic E-state index is 12.3. The molecule has 0 radical (unpaired) electrons. The highest BCUT2D eigenvalue weighted by Gasteiger charge is 2.32. The van der Waals surface area contributed by atoms with Crippen LogP contribution in [0.4, 0.5) is 0 Å². The van der Waals surface area contributed by atoms with E-state index >= 15 is 0 Å². The van der Waals surface area contributed by atoms with Gasteiger partial charge in [-0.15, -0.1) is 0 Å². The van der Waals surface area contributed by atoms with Gasteiger partial charge in [0.25, 0.3) is 0 Å². The molecule has 4 heteroatoms. The number of carbonyl (C=O) groups is 1. The second-order valence-corrected chi connectivity index (χ2v) is 39.0. The fourth-order valence-corrected chi connectivity index (χ4v) is 16.7. The molecule has 131 heavy (non-hydrogen) atoms. The van der Waals surface area contributed by atoms with Crippen molar-refractivity contribution in [1.29, 1.82) is 0 Å². The van der Waals surface area contributed by atoms with Crippen molar-refractivity contribution in [1.82, 2.24) is 0 Å². The SMILES string of the molecule is C.C.Cc1ccc(C(=O)c2ccc(C)cc2)cc1.Cc1ccc(C(C)(C)c2ccc(C(C)(C)c3ccc(C)cc3)cc2)cc1.Cc1ccc(C(C)(C)c2ccc(C)cc2)cc1.Cc1ccc(C(C)(c2ccccc2)c2ccc(C)cc2)cc1.Cc1ccc(C(C)c2ccc(C)cc2)cc1.Cc1ccc(Cc2ccc(C)cc2)cc1.Cc1ccc(S(=O)(=O)c2ccc(C)cc2)cc1. The molecule has 0 saturated heterocycles. The normalized spacial score (nSPS) is 11.0. The molecule has 0 aliphatic rings. The zero-order valence-electron chi connectivity index (χ0n) is 80.4. The van der Waals surface area contributed by atoms with Gasteiger partial charge in [-0.1, -0.05) is 511 Å². The molecule has 0 spiro atoms. The topological polar surface area (TPSA) is 51.2 Å². The first kappa shape index (κ1) is 104. The van der Waals surface area contributed by atoms with Gasteiger partial charge in [0, 0.05) is 38.7 Å². The molecule has 16 rings (SSSR count).